The van der Waals surface area contributed by atoms with Gasteiger partial charge in [0.2, 0.25) is 0 Å². The Hall–Kier alpha value is -3.26. The van der Waals surface area contributed by atoms with Gasteiger partial charge in [-0.15, -0.1) is 0 Å². The zero-order valence-corrected chi connectivity index (χ0v) is 14.8. The molecule has 2 aromatic heterocycles. The summed E-state index contributed by atoms with van der Waals surface area (Å²) in [6, 6.07) is 10.0. The zero-order chi connectivity index (χ0) is 19.0. The number of nitro benzene ring substituents is 1. The molecule has 3 aromatic rings. The molecule has 0 bridgehead atoms. The summed E-state index contributed by atoms with van der Waals surface area (Å²) in [4.78, 5) is 31.8. The van der Waals surface area contributed by atoms with E-state index in [1.54, 1.807) is 19.1 Å². The Bertz CT molecular complexity index is 1050. The summed E-state index contributed by atoms with van der Waals surface area (Å²) in [5, 5.41) is 10.8. The molecule has 138 valence electrons. The number of nitrogens with zero attached hydrogens (tertiary/aromatic N) is 3. The minimum atomic E-state index is -0.427. The number of aryl methyl sites for hydroxylation is 1. The zero-order valence-electron chi connectivity index (χ0n) is 14.8. The second-order valence-corrected chi connectivity index (χ2v) is 6.61. The highest BCUT2D eigenvalue weighted by molar-refractivity contribution is 5.59. The van der Waals surface area contributed by atoms with Crippen molar-refractivity contribution >= 4 is 5.69 Å². The Kier molecular flexibility index (Phi) is 4.33. The molecule has 1 N–H and O–H groups in total. The smallest absolute Gasteiger partial charge is 0.269 e. The Morgan fingerprint density at radius 2 is 2.04 bits per heavy atom. The van der Waals surface area contributed by atoms with Crippen LogP contribution in [0.15, 0.2) is 45.6 Å². The molecule has 0 amide bonds. The third-order valence-electron chi connectivity index (χ3n) is 4.67. The number of nitrogens with one attached hydrogen (secondary N) is 1. The molecular formula is C19H18N4O4. The van der Waals surface area contributed by atoms with Crippen LogP contribution in [0.25, 0.3) is 11.3 Å². The van der Waals surface area contributed by atoms with Gasteiger partial charge in [0, 0.05) is 37.2 Å². The number of non-ortho nitro benzene ring substituents is 1. The fourth-order valence-electron chi connectivity index (χ4n) is 3.33. The van der Waals surface area contributed by atoms with Crippen molar-refractivity contribution < 1.29 is 9.34 Å². The number of aromatic nitrogens is 2. The van der Waals surface area contributed by atoms with Crippen LogP contribution in [0.2, 0.25) is 0 Å². The molecule has 0 radical (unpaired) electrons. The first-order valence-electron chi connectivity index (χ1n) is 8.64. The average molecular weight is 366 g/mol. The van der Waals surface area contributed by atoms with Crippen molar-refractivity contribution in [3.63, 3.8) is 0 Å². The van der Waals surface area contributed by atoms with Crippen LogP contribution in [0, 0.1) is 17.0 Å². The van der Waals surface area contributed by atoms with Crippen LogP contribution < -0.4 is 5.56 Å². The predicted octanol–water partition coefficient (Wildman–Crippen LogP) is 2.80. The topological polar surface area (TPSA) is 105 Å². The summed E-state index contributed by atoms with van der Waals surface area (Å²) in [7, 11) is 0. The number of hydrogen-bond acceptors (Lipinski definition) is 6. The lowest BCUT2D eigenvalue weighted by Gasteiger charge is -2.26. The number of rotatable bonds is 4. The fourth-order valence-corrected chi connectivity index (χ4v) is 3.33. The van der Waals surface area contributed by atoms with Crippen molar-refractivity contribution in [1.82, 2.24) is 14.9 Å². The van der Waals surface area contributed by atoms with E-state index in [4.69, 9.17) is 4.42 Å². The lowest BCUT2D eigenvalue weighted by Crippen LogP contribution is -2.35. The Morgan fingerprint density at radius 1 is 1.26 bits per heavy atom. The van der Waals surface area contributed by atoms with Crippen LogP contribution in [-0.4, -0.2) is 26.3 Å². The molecule has 0 saturated heterocycles. The largest absolute Gasteiger partial charge is 0.460 e. The molecule has 8 heteroatoms. The maximum Gasteiger partial charge on any atom is 0.269 e. The van der Waals surface area contributed by atoms with Crippen molar-refractivity contribution in [2.24, 2.45) is 0 Å². The first kappa shape index (κ1) is 17.2. The molecule has 0 atom stereocenters. The summed E-state index contributed by atoms with van der Waals surface area (Å²) < 4.78 is 5.90. The number of nitro groups is 1. The highest BCUT2D eigenvalue weighted by atomic mass is 16.6. The van der Waals surface area contributed by atoms with Gasteiger partial charge in [-0.1, -0.05) is 0 Å². The Balaban J connectivity index is 1.48. The van der Waals surface area contributed by atoms with Crippen LogP contribution >= 0.6 is 0 Å². The normalized spacial score (nSPS) is 14.1. The van der Waals surface area contributed by atoms with E-state index in [0.717, 1.165) is 30.0 Å². The van der Waals surface area contributed by atoms with E-state index >= 15 is 0 Å². The van der Waals surface area contributed by atoms with Crippen LogP contribution in [0.1, 0.15) is 22.8 Å². The van der Waals surface area contributed by atoms with Crippen LogP contribution in [0.4, 0.5) is 5.69 Å². The summed E-state index contributed by atoms with van der Waals surface area (Å²) in [5.41, 5.74) is 2.35. The van der Waals surface area contributed by atoms with E-state index in [9.17, 15) is 14.9 Å². The first-order valence-corrected chi connectivity index (χ1v) is 8.64. The number of furan rings is 1. The van der Waals surface area contributed by atoms with Gasteiger partial charge in [-0.25, -0.2) is 4.98 Å². The van der Waals surface area contributed by atoms with Crippen molar-refractivity contribution in [3.05, 3.63) is 79.7 Å². The van der Waals surface area contributed by atoms with E-state index in [2.05, 4.69) is 14.9 Å². The molecule has 1 aromatic carbocycles. The number of H-pyrrole nitrogens is 1. The van der Waals surface area contributed by atoms with E-state index in [-0.39, 0.29) is 11.2 Å². The maximum atomic E-state index is 12.2. The molecule has 1 aliphatic rings. The summed E-state index contributed by atoms with van der Waals surface area (Å²) >= 11 is 0. The van der Waals surface area contributed by atoms with Crippen molar-refractivity contribution in [1.29, 1.82) is 0 Å². The molecule has 3 heterocycles. The first-order chi connectivity index (χ1) is 13.0. The molecule has 0 spiro atoms. The Labute approximate surface area is 154 Å². The van der Waals surface area contributed by atoms with E-state index in [1.165, 1.54) is 12.1 Å². The van der Waals surface area contributed by atoms with Gasteiger partial charge < -0.3 is 9.40 Å². The van der Waals surface area contributed by atoms with Gasteiger partial charge in [-0.3, -0.25) is 19.8 Å². The van der Waals surface area contributed by atoms with Gasteiger partial charge in [-0.05, 0) is 31.2 Å². The fraction of sp³-hybridized carbons (Fsp3) is 0.263. The van der Waals surface area contributed by atoms with Crippen LogP contribution in [0.3, 0.4) is 0 Å². The molecule has 0 aliphatic carbocycles. The molecular weight excluding hydrogens is 348 g/mol. The summed E-state index contributed by atoms with van der Waals surface area (Å²) in [6.07, 6.45) is 0.732. The quantitative estimate of drug-likeness (QED) is 0.562. The minimum absolute atomic E-state index is 0.0478. The third-order valence-corrected chi connectivity index (χ3v) is 4.67. The van der Waals surface area contributed by atoms with Crippen LogP contribution in [-0.2, 0) is 19.5 Å². The maximum absolute atomic E-state index is 12.2. The SMILES string of the molecule is Cc1nc2c(c(=O)[nH]1)CN(Cc1ccc(-c3ccc([N+](=O)[O-])cc3)o1)CC2. The second kappa shape index (κ2) is 6.81. The molecule has 0 saturated carbocycles. The van der Waals surface area contributed by atoms with Gasteiger partial charge in [0.1, 0.15) is 17.3 Å². The Morgan fingerprint density at radius 3 is 2.78 bits per heavy atom. The van der Waals surface area contributed by atoms with E-state index in [0.29, 0.717) is 30.2 Å². The molecule has 0 fully saturated rings. The van der Waals surface area contributed by atoms with Crippen molar-refractivity contribution in [3.8, 4) is 11.3 Å². The minimum Gasteiger partial charge on any atom is -0.460 e. The molecule has 4 rings (SSSR count). The lowest BCUT2D eigenvalue weighted by atomic mass is 10.1. The molecule has 27 heavy (non-hydrogen) atoms. The number of aromatic amines is 1. The standard InChI is InChI=1S/C19H18N4O4/c1-12-20-17-8-9-22(11-16(17)19(24)21-12)10-15-6-7-18(27-15)13-2-4-14(5-3-13)23(25)26/h2-7H,8-11H2,1H3,(H,20,21,24). The van der Waals surface area contributed by atoms with Gasteiger partial charge in [-0.2, -0.15) is 0 Å². The van der Waals surface area contributed by atoms with Gasteiger partial charge in [0.15, 0.2) is 0 Å². The van der Waals surface area contributed by atoms with Gasteiger partial charge in [0.25, 0.3) is 11.2 Å². The van der Waals surface area contributed by atoms with E-state index in [1.807, 2.05) is 12.1 Å². The number of benzene rings is 1. The highest BCUT2D eigenvalue weighted by Gasteiger charge is 2.21. The lowest BCUT2D eigenvalue weighted by molar-refractivity contribution is -0.384. The van der Waals surface area contributed by atoms with Gasteiger partial charge in [0.05, 0.1) is 22.7 Å². The molecule has 8 nitrogen and oxygen atoms in total. The number of hydrogen-bond donors (Lipinski definition) is 1. The van der Waals surface area contributed by atoms with Crippen LogP contribution in [0.5, 0.6) is 0 Å². The second-order valence-electron chi connectivity index (χ2n) is 6.61. The molecule has 1 aliphatic heterocycles. The third kappa shape index (κ3) is 3.52. The average Bonchev–Trinajstić information content (AvgIpc) is 3.11. The van der Waals surface area contributed by atoms with Crippen molar-refractivity contribution in [2.45, 2.75) is 26.4 Å². The van der Waals surface area contributed by atoms with E-state index < -0.39 is 4.92 Å². The predicted molar refractivity (Wildman–Crippen MR) is 98.2 cm³/mol. The van der Waals surface area contributed by atoms with Crippen molar-refractivity contribution in [2.75, 3.05) is 6.54 Å². The molecule has 0 unspecified atom stereocenters. The monoisotopic (exact) mass is 366 g/mol. The summed E-state index contributed by atoms with van der Waals surface area (Å²) in [6.45, 7) is 3.71. The number of fused-ring (bicyclic) bond motifs is 1. The van der Waals surface area contributed by atoms with Gasteiger partial charge >= 0.3 is 0 Å². The summed E-state index contributed by atoms with van der Waals surface area (Å²) in [5.74, 6) is 2.08. The highest BCUT2D eigenvalue weighted by Crippen LogP contribution is 2.26.